The summed E-state index contributed by atoms with van der Waals surface area (Å²) in [6.45, 7) is 6.74. The molecule has 0 aliphatic heterocycles. The van der Waals surface area contributed by atoms with Crippen molar-refractivity contribution in [1.82, 2.24) is 0 Å². The molecule has 0 rings (SSSR count). The van der Waals surface area contributed by atoms with Gasteiger partial charge in [-0.2, -0.15) is 0 Å². The average Bonchev–Trinajstić information content (AvgIpc) is 2.43. The highest BCUT2D eigenvalue weighted by molar-refractivity contribution is 6.60. The zero-order chi connectivity index (χ0) is 17.2. The standard InChI is InChI=1S/C13H25NO7Si/c1-4-19-22(20-5-2,21-6-3)9-7-8-10(12(15)16)11(14)13(17)18/h4-9,14H2,1-3H3,(H,15,16)(H,17,18)/b11-10+. The van der Waals surface area contributed by atoms with Crippen molar-refractivity contribution < 1.29 is 33.1 Å². The summed E-state index contributed by atoms with van der Waals surface area (Å²) in [5, 5.41) is 17.9. The predicted octanol–water partition coefficient (Wildman–Crippen LogP) is 1.20. The highest BCUT2D eigenvalue weighted by Crippen LogP contribution is 2.21. The number of carboxylic acid groups (broad SMARTS) is 2. The molecule has 0 unspecified atom stereocenters. The zero-order valence-corrected chi connectivity index (χ0v) is 14.3. The molecule has 4 N–H and O–H groups in total. The minimum Gasteiger partial charge on any atom is -0.478 e. The fraction of sp³-hybridized carbons (Fsp3) is 0.692. The first-order valence-electron chi connectivity index (χ1n) is 7.20. The Kier molecular flexibility index (Phi) is 9.66. The van der Waals surface area contributed by atoms with E-state index in [4.69, 9.17) is 29.2 Å². The van der Waals surface area contributed by atoms with Gasteiger partial charge in [-0.05, 0) is 33.6 Å². The van der Waals surface area contributed by atoms with Crippen LogP contribution < -0.4 is 5.73 Å². The molecule has 0 amide bonds. The average molecular weight is 335 g/mol. The minimum absolute atomic E-state index is 0.00936. The molecular formula is C13H25NO7Si. The van der Waals surface area contributed by atoms with Crippen molar-refractivity contribution in [2.45, 2.75) is 39.7 Å². The maximum atomic E-state index is 11.1. The van der Waals surface area contributed by atoms with E-state index in [9.17, 15) is 9.59 Å². The van der Waals surface area contributed by atoms with Crippen LogP contribution in [0.3, 0.4) is 0 Å². The van der Waals surface area contributed by atoms with Gasteiger partial charge in [0.25, 0.3) is 0 Å². The van der Waals surface area contributed by atoms with Gasteiger partial charge in [-0.1, -0.05) is 0 Å². The second-order valence-electron chi connectivity index (χ2n) is 4.34. The number of aliphatic carboxylic acids is 2. The van der Waals surface area contributed by atoms with Gasteiger partial charge in [0.05, 0.1) is 5.57 Å². The summed E-state index contributed by atoms with van der Waals surface area (Å²) in [5.74, 6) is -2.78. The fourth-order valence-corrected chi connectivity index (χ4v) is 4.58. The third-order valence-corrected chi connectivity index (χ3v) is 5.97. The largest absolute Gasteiger partial charge is 0.500 e. The molecule has 8 nitrogen and oxygen atoms in total. The lowest BCUT2D eigenvalue weighted by atomic mass is 10.1. The monoisotopic (exact) mass is 335 g/mol. The Labute approximate surface area is 131 Å². The maximum Gasteiger partial charge on any atom is 0.500 e. The first-order valence-corrected chi connectivity index (χ1v) is 9.13. The quantitative estimate of drug-likeness (QED) is 0.358. The van der Waals surface area contributed by atoms with Crippen molar-refractivity contribution in [3.8, 4) is 0 Å². The Balaban J connectivity index is 4.94. The number of carbonyl (C=O) groups is 2. The molecule has 0 saturated carbocycles. The van der Waals surface area contributed by atoms with E-state index in [0.29, 0.717) is 32.3 Å². The normalized spacial score (nSPS) is 12.9. The van der Waals surface area contributed by atoms with Crippen LogP contribution in [0.4, 0.5) is 0 Å². The highest BCUT2D eigenvalue weighted by Gasteiger charge is 2.39. The van der Waals surface area contributed by atoms with Gasteiger partial charge in [-0.25, -0.2) is 9.59 Å². The van der Waals surface area contributed by atoms with E-state index in [1.807, 2.05) is 20.8 Å². The van der Waals surface area contributed by atoms with Crippen LogP contribution in [0.5, 0.6) is 0 Å². The summed E-state index contributed by atoms with van der Waals surface area (Å²) in [6, 6.07) is 0.395. The minimum atomic E-state index is -2.86. The number of carboxylic acids is 2. The van der Waals surface area contributed by atoms with Gasteiger partial charge in [0.2, 0.25) is 0 Å². The van der Waals surface area contributed by atoms with Gasteiger partial charge in [-0.3, -0.25) is 0 Å². The van der Waals surface area contributed by atoms with E-state index >= 15 is 0 Å². The summed E-state index contributed by atoms with van der Waals surface area (Å²) >= 11 is 0. The molecular weight excluding hydrogens is 310 g/mol. The van der Waals surface area contributed by atoms with E-state index in [-0.39, 0.29) is 12.0 Å². The number of hydrogen-bond acceptors (Lipinski definition) is 6. The molecule has 22 heavy (non-hydrogen) atoms. The Morgan fingerprint density at radius 1 is 0.955 bits per heavy atom. The van der Waals surface area contributed by atoms with Gasteiger partial charge >= 0.3 is 20.7 Å². The van der Waals surface area contributed by atoms with Crippen molar-refractivity contribution in [1.29, 1.82) is 0 Å². The summed E-state index contributed by atoms with van der Waals surface area (Å²) in [5.41, 5.74) is 4.34. The van der Waals surface area contributed by atoms with Crippen LogP contribution in [0.25, 0.3) is 0 Å². The third kappa shape index (κ3) is 6.56. The molecule has 0 spiro atoms. The van der Waals surface area contributed by atoms with Crippen molar-refractivity contribution in [3.63, 3.8) is 0 Å². The summed E-state index contributed by atoms with van der Waals surface area (Å²) in [7, 11) is -2.86. The lowest BCUT2D eigenvalue weighted by Gasteiger charge is -2.28. The van der Waals surface area contributed by atoms with Crippen LogP contribution in [-0.2, 0) is 22.9 Å². The Morgan fingerprint density at radius 3 is 1.73 bits per heavy atom. The van der Waals surface area contributed by atoms with Crippen molar-refractivity contribution in [3.05, 3.63) is 11.3 Å². The molecule has 0 aliphatic rings. The van der Waals surface area contributed by atoms with Crippen LogP contribution in [0.15, 0.2) is 11.3 Å². The summed E-state index contributed by atoms with van der Waals surface area (Å²) in [4.78, 5) is 21.9. The summed E-state index contributed by atoms with van der Waals surface area (Å²) < 4.78 is 16.9. The van der Waals surface area contributed by atoms with Gasteiger partial charge in [0.15, 0.2) is 0 Å². The molecule has 0 radical (unpaired) electrons. The van der Waals surface area contributed by atoms with E-state index in [2.05, 4.69) is 0 Å². The Hall–Kier alpha value is -1.42. The number of rotatable bonds is 12. The van der Waals surface area contributed by atoms with Gasteiger partial charge < -0.3 is 29.2 Å². The van der Waals surface area contributed by atoms with Crippen LogP contribution in [0.2, 0.25) is 6.04 Å². The molecule has 9 heteroatoms. The highest BCUT2D eigenvalue weighted by atomic mass is 28.4. The Bertz CT molecular complexity index is 394. The van der Waals surface area contributed by atoms with Crippen molar-refractivity contribution in [2.75, 3.05) is 19.8 Å². The van der Waals surface area contributed by atoms with Gasteiger partial charge in [0, 0.05) is 25.9 Å². The smallest absolute Gasteiger partial charge is 0.478 e. The van der Waals surface area contributed by atoms with Crippen molar-refractivity contribution >= 4 is 20.7 Å². The third-order valence-electron chi connectivity index (χ3n) is 2.82. The molecule has 0 aliphatic carbocycles. The molecule has 0 aromatic rings. The van der Waals surface area contributed by atoms with Crippen LogP contribution in [0, 0.1) is 0 Å². The molecule has 0 saturated heterocycles. The number of hydrogen-bond donors (Lipinski definition) is 3. The molecule has 0 fully saturated rings. The van der Waals surface area contributed by atoms with E-state index in [1.54, 1.807) is 0 Å². The van der Waals surface area contributed by atoms with Crippen LogP contribution in [-0.4, -0.2) is 50.8 Å². The lowest BCUT2D eigenvalue weighted by Crippen LogP contribution is -2.45. The van der Waals surface area contributed by atoms with E-state index in [1.165, 1.54) is 0 Å². The van der Waals surface area contributed by atoms with Crippen LogP contribution >= 0.6 is 0 Å². The lowest BCUT2D eigenvalue weighted by molar-refractivity contribution is -0.136. The fourth-order valence-electron chi connectivity index (χ4n) is 1.97. The molecule has 128 valence electrons. The maximum absolute atomic E-state index is 11.1. The second-order valence-corrected chi connectivity index (χ2v) is 7.07. The summed E-state index contributed by atoms with van der Waals surface area (Å²) in [6.07, 6.45) is 0.358. The number of nitrogens with two attached hydrogens (primary N) is 1. The molecule has 0 aromatic heterocycles. The van der Waals surface area contributed by atoms with E-state index in [0.717, 1.165) is 0 Å². The first kappa shape index (κ1) is 20.6. The topological polar surface area (TPSA) is 128 Å². The molecule has 0 aromatic carbocycles. The van der Waals surface area contributed by atoms with Crippen LogP contribution in [0.1, 0.15) is 33.6 Å². The zero-order valence-electron chi connectivity index (χ0n) is 13.3. The van der Waals surface area contributed by atoms with E-state index < -0.39 is 26.4 Å². The Morgan fingerprint density at radius 2 is 1.41 bits per heavy atom. The van der Waals surface area contributed by atoms with Gasteiger partial charge in [0.1, 0.15) is 5.70 Å². The van der Waals surface area contributed by atoms with Crippen molar-refractivity contribution in [2.24, 2.45) is 5.73 Å². The molecule has 0 bridgehead atoms. The molecule has 0 atom stereocenters. The first-order chi connectivity index (χ1) is 10.3. The van der Waals surface area contributed by atoms with Gasteiger partial charge in [-0.15, -0.1) is 0 Å². The predicted molar refractivity (Wildman–Crippen MR) is 81.2 cm³/mol. The molecule has 0 heterocycles. The SMILES string of the molecule is CCO[Si](CCC/C(C(=O)O)=C(\N)C(=O)O)(OCC)OCC. The second kappa shape index (κ2) is 10.3.